The van der Waals surface area contributed by atoms with E-state index >= 15 is 0 Å². The van der Waals surface area contributed by atoms with Crippen molar-refractivity contribution in [3.63, 3.8) is 0 Å². The van der Waals surface area contributed by atoms with Gasteiger partial charge in [0.15, 0.2) is 5.43 Å². The highest BCUT2D eigenvalue weighted by Crippen LogP contribution is 2.35. The number of amides is 1. The second-order valence-corrected chi connectivity index (χ2v) is 5.93. The van der Waals surface area contributed by atoms with Crippen LogP contribution in [0.2, 0.25) is 0 Å². The SMILES string of the molecule is Cc1cc(=O)c(C(=O)NCC2(c3cnn(C)c3)CCCO2)c[nH]1. The first kappa shape index (κ1) is 15.5. The van der Waals surface area contributed by atoms with Crippen molar-refractivity contribution in [1.29, 1.82) is 0 Å². The molecule has 23 heavy (non-hydrogen) atoms. The first-order valence-corrected chi connectivity index (χ1v) is 7.61. The molecular formula is C16H20N4O3. The average Bonchev–Trinajstić information content (AvgIpc) is 3.14. The normalized spacial score (nSPS) is 20.6. The largest absolute Gasteiger partial charge is 0.368 e. The molecule has 122 valence electrons. The van der Waals surface area contributed by atoms with Crippen LogP contribution >= 0.6 is 0 Å². The molecule has 0 aromatic carbocycles. The molecule has 0 spiro atoms. The molecule has 2 aromatic rings. The molecule has 0 aliphatic carbocycles. The zero-order valence-electron chi connectivity index (χ0n) is 13.3. The van der Waals surface area contributed by atoms with E-state index in [0.29, 0.717) is 13.2 Å². The van der Waals surface area contributed by atoms with Crippen LogP contribution in [0.1, 0.15) is 34.5 Å². The number of rotatable bonds is 4. The van der Waals surface area contributed by atoms with Gasteiger partial charge in [0, 0.05) is 43.4 Å². The van der Waals surface area contributed by atoms with Gasteiger partial charge in [-0.15, -0.1) is 0 Å². The number of nitrogens with zero attached hydrogens (tertiary/aromatic N) is 2. The topological polar surface area (TPSA) is 89.0 Å². The Kier molecular flexibility index (Phi) is 4.04. The van der Waals surface area contributed by atoms with E-state index in [0.717, 1.165) is 24.1 Å². The van der Waals surface area contributed by atoms with Gasteiger partial charge in [-0.25, -0.2) is 0 Å². The van der Waals surface area contributed by atoms with Gasteiger partial charge in [0.2, 0.25) is 0 Å². The number of carbonyl (C=O) groups is 1. The second kappa shape index (κ2) is 6.00. The fraction of sp³-hybridized carbons (Fsp3) is 0.438. The van der Waals surface area contributed by atoms with Crippen LogP contribution in [0.3, 0.4) is 0 Å². The lowest BCUT2D eigenvalue weighted by atomic mass is 9.93. The van der Waals surface area contributed by atoms with E-state index in [9.17, 15) is 9.59 Å². The number of pyridine rings is 1. The predicted molar refractivity (Wildman–Crippen MR) is 84.2 cm³/mol. The number of H-pyrrole nitrogens is 1. The lowest BCUT2D eigenvalue weighted by Gasteiger charge is -2.27. The number of hydrogen-bond acceptors (Lipinski definition) is 4. The summed E-state index contributed by atoms with van der Waals surface area (Å²) in [6.07, 6.45) is 6.84. The van der Waals surface area contributed by atoms with Crippen LogP contribution in [0, 0.1) is 6.92 Å². The van der Waals surface area contributed by atoms with Gasteiger partial charge in [0.25, 0.3) is 5.91 Å². The molecule has 2 N–H and O–H groups in total. The molecule has 3 rings (SSSR count). The van der Waals surface area contributed by atoms with Crippen LogP contribution in [0.25, 0.3) is 0 Å². The zero-order chi connectivity index (χ0) is 16.4. The Morgan fingerprint density at radius 3 is 3.00 bits per heavy atom. The van der Waals surface area contributed by atoms with Gasteiger partial charge >= 0.3 is 0 Å². The molecule has 0 bridgehead atoms. The Morgan fingerprint density at radius 1 is 1.57 bits per heavy atom. The molecule has 1 saturated heterocycles. The minimum Gasteiger partial charge on any atom is -0.368 e. The first-order chi connectivity index (χ1) is 11.0. The molecular weight excluding hydrogens is 296 g/mol. The van der Waals surface area contributed by atoms with E-state index in [-0.39, 0.29) is 11.0 Å². The third kappa shape index (κ3) is 3.05. The van der Waals surface area contributed by atoms with E-state index in [1.54, 1.807) is 17.8 Å². The van der Waals surface area contributed by atoms with E-state index in [1.165, 1.54) is 12.3 Å². The van der Waals surface area contributed by atoms with Crippen LogP contribution in [0.15, 0.2) is 29.5 Å². The zero-order valence-corrected chi connectivity index (χ0v) is 13.3. The minimum absolute atomic E-state index is 0.106. The molecule has 3 heterocycles. The van der Waals surface area contributed by atoms with Gasteiger partial charge in [-0.3, -0.25) is 14.3 Å². The summed E-state index contributed by atoms with van der Waals surface area (Å²) in [6, 6.07) is 1.41. The molecule has 1 atom stereocenters. The molecule has 0 radical (unpaired) electrons. The molecule has 1 amide bonds. The number of aromatic nitrogens is 3. The van der Waals surface area contributed by atoms with Crippen LogP contribution in [-0.2, 0) is 17.4 Å². The van der Waals surface area contributed by atoms with Gasteiger partial charge in [-0.05, 0) is 19.8 Å². The summed E-state index contributed by atoms with van der Waals surface area (Å²) in [5.74, 6) is -0.398. The summed E-state index contributed by atoms with van der Waals surface area (Å²) >= 11 is 0. The molecule has 1 aliphatic heterocycles. The van der Waals surface area contributed by atoms with Crippen LogP contribution in [-0.4, -0.2) is 33.8 Å². The van der Waals surface area contributed by atoms with Gasteiger partial charge in [-0.2, -0.15) is 5.10 Å². The number of ether oxygens (including phenoxy) is 1. The minimum atomic E-state index is -0.568. The van der Waals surface area contributed by atoms with Gasteiger partial charge in [0.05, 0.1) is 12.7 Å². The Morgan fingerprint density at radius 2 is 2.39 bits per heavy atom. The van der Waals surface area contributed by atoms with Crippen molar-refractivity contribution in [2.75, 3.05) is 13.2 Å². The summed E-state index contributed by atoms with van der Waals surface area (Å²) in [5.41, 5.74) is 0.908. The average molecular weight is 316 g/mol. The third-order valence-corrected chi connectivity index (χ3v) is 4.17. The Balaban J connectivity index is 1.77. The molecule has 7 nitrogen and oxygen atoms in total. The van der Waals surface area contributed by atoms with E-state index in [4.69, 9.17) is 4.74 Å². The third-order valence-electron chi connectivity index (χ3n) is 4.17. The van der Waals surface area contributed by atoms with Crippen molar-refractivity contribution in [2.24, 2.45) is 7.05 Å². The van der Waals surface area contributed by atoms with E-state index in [1.807, 2.05) is 13.2 Å². The molecule has 2 aromatic heterocycles. The number of carbonyl (C=O) groups excluding carboxylic acids is 1. The van der Waals surface area contributed by atoms with Crippen LogP contribution < -0.4 is 10.7 Å². The van der Waals surface area contributed by atoms with Crippen molar-refractivity contribution in [3.05, 3.63) is 51.7 Å². The number of aryl methyl sites for hydroxylation is 2. The highest BCUT2D eigenvalue weighted by atomic mass is 16.5. The second-order valence-electron chi connectivity index (χ2n) is 5.93. The molecule has 0 saturated carbocycles. The maximum absolute atomic E-state index is 12.3. The van der Waals surface area contributed by atoms with Gasteiger partial charge in [-0.1, -0.05) is 0 Å². The number of nitrogens with one attached hydrogen (secondary N) is 2. The molecule has 1 fully saturated rings. The monoisotopic (exact) mass is 316 g/mol. The van der Waals surface area contributed by atoms with Crippen LogP contribution in [0.5, 0.6) is 0 Å². The fourth-order valence-corrected chi connectivity index (χ4v) is 2.89. The van der Waals surface area contributed by atoms with Crippen molar-refractivity contribution in [1.82, 2.24) is 20.1 Å². The lowest BCUT2D eigenvalue weighted by molar-refractivity contribution is 0.00128. The summed E-state index contributed by atoms with van der Waals surface area (Å²) in [6.45, 7) is 2.73. The van der Waals surface area contributed by atoms with Crippen molar-refractivity contribution >= 4 is 5.91 Å². The van der Waals surface area contributed by atoms with Gasteiger partial charge < -0.3 is 15.0 Å². The van der Waals surface area contributed by atoms with Crippen molar-refractivity contribution in [3.8, 4) is 0 Å². The Hall–Kier alpha value is -2.41. The molecule has 1 unspecified atom stereocenters. The Labute approximate surface area is 133 Å². The Bertz CT molecular complexity index is 772. The number of hydrogen-bond donors (Lipinski definition) is 2. The van der Waals surface area contributed by atoms with Crippen LogP contribution in [0.4, 0.5) is 0 Å². The summed E-state index contributed by atoms with van der Waals surface area (Å²) in [5, 5.41) is 7.01. The maximum Gasteiger partial charge on any atom is 0.256 e. The first-order valence-electron chi connectivity index (χ1n) is 7.61. The standard InChI is InChI=1S/C16H20N4O3/c1-11-6-14(21)13(8-17-11)15(22)18-10-16(4-3-5-23-16)12-7-19-20(2)9-12/h6-9H,3-5,10H2,1-2H3,(H,17,21)(H,18,22). The summed E-state index contributed by atoms with van der Waals surface area (Å²) < 4.78 is 7.64. The van der Waals surface area contributed by atoms with E-state index < -0.39 is 11.5 Å². The van der Waals surface area contributed by atoms with Crippen molar-refractivity contribution in [2.45, 2.75) is 25.4 Å². The summed E-state index contributed by atoms with van der Waals surface area (Å²) in [7, 11) is 1.84. The molecule has 1 aliphatic rings. The quantitative estimate of drug-likeness (QED) is 0.875. The predicted octanol–water partition coefficient (Wildman–Crippen LogP) is 0.853. The fourth-order valence-electron chi connectivity index (χ4n) is 2.89. The number of aromatic amines is 1. The maximum atomic E-state index is 12.3. The van der Waals surface area contributed by atoms with Gasteiger partial charge in [0.1, 0.15) is 11.2 Å². The van der Waals surface area contributed by atoms with Crippen molar-refractivity contribution < 1.29 is 9.53 Å². The lowest BCUT2D eigenvalue weighted by Crippen LogP contribution is -2.41. The molecule has 7 heteroatoms. The highest BCUT2D eigenvalue weighted by molar-refractivity contribution is 5.93. The van der Waals surface area contributed by atoms with E-state index in [2.05, 4.69) is 15.4 Å². The highest BCUT2D eigenvalue weighted by Gasteiger charge is 2.38. The summed E-state index contributed by atoms with van der Waals surface area (Å²) in [4.78, 5) is 27.1. The smallest absolute Gasteiger partial charge is 0.256 e.